The second kappa shape index (κ2) is 6.34. The van der Waals surface area contributed by atoms with Crippen LogP contribution in [0, 0.1) is 6.92 Å². The van der Waals surface area contributed by atoms with Gasteiger partial charge in [-0.25, -0.2) is 9.28 Å². The molecular weight excluding hydrogens is 390 g/mol. The van der Waals surface area contributed by atoms with Crippen LogP contribution in [0.4, 0.5) is 5.69 Å². The second-order valence-corrected chi connectivity index (χ2v) is 8.65. The first-order chi connectivity index (χ1) is 15.1. The van der Waals surface area contributed by atoms with Gasteiger partial charge >= 0.3 is 5.91 Å². The van der Waals surface area contributed by atoms with Crippen molar-refractivity contribution in [3.63, 3.8) is 0 Å². The van der Waals surface area contributed by atoms with E-state index in [1.807, 2.05) is 24.3 Å². The molecule has 1 spiro atoms. The Morgan fingerprint density at radius 3 is 2.52 bits per heavy atom. The Labute approximate surface area is 181 Å². The highest BCUT2D eigenvalue weighted by molar-refractivity contribution is 6.08. The molecule has 0 radical (unpaired) electrons. The zero-order valence-corrected chi connectivity index (χ0v) is 17.7. The Kier molecular flexibility index (Phi) is 3.78. The lowest BCUT2D eigenvalue weighted by Crippen LogP contribution is -2.56. The predicted molar refractivity (Wildman–Crippen MR) is 118 cm³/mol. The fourth-order valence-corrected chi connectivity index (χ4v) is 5.54. The van der Waals surface area contributed by atoms with Crippen LogP contribution in [0.3, 0.4) is 0 Å². The molecule has 156 valence electrons. The molecule has 0 saturated carbocycles. The highest BCUT2D eigenvalue weighted by Crippen LogP contribution is 2.57. The zero-order chi connectivity index (χ0) is 21.2. The van der Waals surface area contributed by atoms with Gasteiger partial charge in [0.1, 0.15) is 24.6 Å². The molecule has 3 aromatic rings. The molecule has 1 amide bonds. The van der Waals surface area contributed by atoms with Crippen LogP contribution in [0.25, 0.3) is 0 Å². The fourth-order valence-electron chi connectivity index (χ4n) is 5.54. The van der Waals surface area contributed by atoms with Crippen molar-refractivity contribution < 1.29 is 19.0 Å². The highest BCUT2D eigenvalue weighted by atomic mass is 16.7. The molecule has 3 aliphatic rings. The van der Waals surface area contributed by atoms with Crippen molar-refractivity contribution in [3.8, 4) is 17.2 Å². The minimum atomic E-state index is -0.841. The standard InChI is InChI=1S/C26H24NO4/c1-3-27(14-18-8-6-7-17(2)11-18)21-10-5-4-9-19(21)26(25(27)28)15-29-22-13-24-23(12-20(22)26)30-16-31-24/h4-13H,3,14-16H2,1-2H3/q+1. The van der Waals surface area contributed by atoms with Crippen LogP contribution in [0.2, 0.25) is 0 Å². The van der Waals surface area contributed by atoms with Crippen molar-refractivity contribution in [1.29, 1.82) is 0 Å². The maximum absolute atomic E-state index is 14.5. The van der Waals surface area contributed by atoms with Crippen LogP contribution in [-0.4, -0.2) is 25.9 Å². The molecule has 0 N–H and O–H groups in total. The number of ether oxygens (including phenoxy) is 3. The van der Waals surface area contributed by atoms with Gasteiger partial charge in [-0.05, 0) is 26.0 Å². The highest BCUT2D eigenvalue weighted by Gasteiger charge is 2.66. The summed E-state index contributed by atoms with van der Waals surface area (Å²) in [5.74, 6) is 2.22. The van der Waals surface area contributed by atoms with Crippen LogP contribution in [0.15, 0.2) is 60.7 Å². The van der Waals surface area contributed by atoms with Gasteiger partial charge in [0.25, 0.3) is 0 Å². The van der Waals surface area contributed by atoms with E-state index in [1.54, 1.807) is 0 Å². The van der Waals surface area contributed by atoms with E-state index in [4.69, 9.17) is 14.2 Å². The summed E-state index contributed by atoms with van der Waals surface area (Å²) in [5, 5.41) is 0. The first-order valence-corrected chi connectivity index (χ1v) is 10.7. The number of amides is 1. The summed E-state index contributed by atoms with van der Waals surface area (Å²) in [6, 6.07) is 20.5. The van der Waals surface area contributed by atoms with E-state index in [0.29, 0.717) is 36.9 Å². The molecule has 31 heavy (non-hydrogen) atoms. The number of hydrogen-bond acceptors (Lipinski definition) is 4. The first-order valence-electron chi connectivity index (χ1n) is 10.7. The van der Waals surface area contributed by atoms with Crippen molar-refractivity contribution in [2.24, 2.45) is 0 Å². The Morgan fingerprint density at radius 1 is 0.903 bits per heavy atom. The third kappa shape index (κ3) is 2.32. The topological polar surface area (TPSA) is 44.8 Å². The summed E-state index contributed by atoms with van der Waals surface area (Å²) in [4.78, 5) is 14.5. The molecule has 3 heterocycles. The average Bonchev–Trinajstić information content (AvgIpc) is 3.44. The van der Waals surface area contributed by atoms with Gasteiger partial charge in [-0.15, -0.1) is 0 Å². The molecule has 2 unspecified atom stereocenters. The number of nitrogens with zero attached hydrogens (tertiary/aromatic N) is 1. The van der Waals surface area contributed by atoms with E-state index in [-0.39, 0.29) is 17.2 Å². The van der Waals surface area contributed by atoms with E-state index in [1.165, 1.54) is 5.56 Å². The molecule has 0 aromatic heterocycles. The van der Waals surface area contributed by atoms with Gasteiger partial charge in [-0.1, -0.05) is 48.0 Å². The monoisotopic (exact) mass is 414 g/mol. The van der Waals surface area contributed by atoms with Crippen molar-refractivity contribution in [3.05, 3.63) is 82.9 Å². The SMILES string of the molecule is CC[N+]1(Cc2cccc(C)c2)C(=O)C2(COc3cc4c(cc32)OCO4)c2ccccc21. The van der Waals surface area contributed by atoms with Gasteiger partial charge in [0.15, 0.2) is 16.9 Å². The van der Waals surface area contributed by atoms with Gasteiger partial charge in [0.2, 0.25) is 6.79 Å². The summed E-state index contributed by atoms with van der Waals surface area (Å²) in [6.45, 7) is 5.97. The zero-order valence-electron chi connectivity index (χ0n) is 17.7. The van der Waals surface area contributed by atoms with Crippen LogP contribution in [-0.2, 0) is 16.8 Å². The normalized spacial score (nSPS) is 24.9. The predicted octanol–water partition coefficient (Wildman–Crippen LogP) is 4.47. The molecule has 0 fully saturated rings. The molecule has 3 aromatic carbocycles. The van der Waals surface area contributed by atoms with E-state index in [2.05, 4.69) is 50.2 Å². The largest absolute Gasteiger partial charge is 0.491 e. The number of aryl methyl sites for hydroxylation is 1. The van der Waals surface area contributed by atoms with Gasteiger partial charge in [-0.3, -0.25) is 0 Å². The summed E-state index contributed by atoms with van der Waals surface area (Å²) in [5.41, 5.74) is 4.49. The minimum Gasteiger partial charge on any atom is -0.491 e. The summed E-state index contributed by atoms with van der Waals surface area (Å²) in [6.07, 6.45) is 0. The van der Waals surface area contributed by atoms with Crippen LogP contribution in [0.1, 0.15) is 29.2 Å². The fraction of sp³-hybridized carbons (Fsp3) is 0.269. The number of para-hydroxylation sites is 1. The van der Waals surface area contributed by atoms with E-state index in [0.717, 1.165) is 22.4 Å². The molecule has 0 saturated heterocycles. The molecule has 6 rings (SSSR count). The lowest BCUT2D eigenvalue weighted by molar-refractivity contribution is -0.133. The van der Waals surface area contributed by atoms with Gasteiger partial charge in [0.05, 0.1) is 6.54 Å². The second-order valence-electron chi connectivity index (χ2n) is 8.65. The van der Waals surface area contributed by atoms with Gasteiger partial charge in [0, 0.05) is 22.8 Å². The number of likely N-dealkylation sites (N-methyl/N-ethyl adjacent to an activating group) is 1. The maximum atomic E-state index is 14.5. The third-order valence-corrected chi connectivity index (χ3v) is 7.03. The molecule has 5 nitrogen and oxygen atoms in total. The van der Waals surface area contributed by atoms with Crippen molar-refractivity contribution in [2.45, 2.75) is 25.8 Å². The van der Waals surface area contributed by atoms with Crippen LogP contribution in [0.5, 0.6) is 17.2 Å². The number of quaternary nitrogens is 1. The Morgan fingerprint density at radius 2 is 1.71 bits per heavy atom. The van der Waals surface area contributed by atoms with E-state index < -0.39 is 5.41 Å². The first kappa shape index (κ1) is 18.5. The van der Waals surface area contributed by atoms with Gasteiger partial charge in [-0.2, -0.15) is 0 Å². The average molecular weight is 414 g/mol. The van der Waals surface area contributed by atoms with Crippen LogP contribution < -0.4 is 18.7 Å². The Bertz CT molecular complexity index is 1240. The molecule has 2 atom stereocenters. The number of hydrogen-bond donors (Lipinski definition) is 0. The maximum Gasteiger partial charge on any atom is 0.337 e. The number of fused-ring (bicyclic) bond motifs is 5. The third-order valence-electron chi connectivity index (χ3n) is 7.03. The quantitative estimate of drug-likeness (QED) is 0.593. The Hall–Kier alpha value is -3.31. The van der Waals surface area contributed by atoms with Crippen molar-refractivity contribution >= 4 is 11.6 Å². The number of rotatable bonds is 3. The Balaban J connectivity index is 1.57. The smallest absolute Gasteiger partial charge is 0.337 e. The summed E-state index contributed by atoms with van der Waals surface area (Å²) >= 11 is 0. The number of benzene rings is 3. The summed E-state index contributed by atoms with van der Waals surface area (Å²) < 4.78 is 17.6. The van der Waals surface area contributed by atoms with Crippen LogP contribution >= 0.6 is 0 Å². The minimum absolute atomic E-state index is 0.162. The molecule has 0 aliphatic carbocycles. The molecule has 0 bridgehead atoms. The van der Waals surface area contributed by atoms with E-state index >= 15 is 0 Å². The molecule has 3 aliphatic heterocycles. The lowest BCUT2D eigenvalue weighted by atomic mass is 9.77. The number of carbonyl (C=O) groups is 1. The summed E-state index contributed by atoms with van der Waals surface area (Å²) in [7, 11) is 0. The van der Waals surface area contributed by atoms with Crippen molar-refractivity contribution in [2.75, 3.05) is 19.9 Å². The number of carbonyl (C=O) groups excluding carboxylic acids is 1. The molecule has 5 heteroatoms. The lowest BCUT2D eigenvalue weighted by Gasteiger charge is -2.32. The van der Waals surface area contributed by atoms with Gasteiger partial charge < -0.3 is 14.2 Å². The van der Waals surface area contributed by atoms with Crippen molar-refractivity contribution in [1.82, 2.24) is 4.48 Å². The van der Waals surface area contributed by atoms with E-state index in [9.17, 15) is 4.79 Å². The molecular formula is C26H24NO4+.